The van der Waals surface area contributed by atoms with Gasteiger partial charge < -0.3 is 0 Å². The highest BCUT2D eigenvalue weighted by molar-refractivity contribution is 9.11. The number of hydrogen-bond acceptors (Lipinski definition) is 5. The summed E-state index contributed by atoms with van der Waals surface area (Å²) in [5.74, 6) is 0.0154. The molecule has 0 bridgehead atoms. The molecule has 3 rings (SSSR count). The third kappa shape index (κ3) is 2.52. The normalized spacial score (nSPS) is 10.8. The first-order valence-electron chi connectivity index (χ1n) is 5.44. The van der Waals surface area contributed by atoms with Gasteiger partial charge in [0, 0.05) is 18.0 Å². The number of aromatic nitrogens is 3. The first kappa shape index (κ1) is 12.3. The van der Waals surface area contributed by atoms with Crippen LogP contribution in [0.25, 0.3) is 11.4 Å². The molecule has 3 aromatic heterocycles. The Morgan fingerprint density at radius 1 is 1.47 bits per heavy atom. The molecule has 3 heterocycles. The summed E-state index contributed by atoms with van der Waals surface area (Å²) in [6, 6.07) is 5.60. The van der Waals surface area contributed by atoms with Gasteiger partial charge in [-0.1, -0.05) is 5.16 Å². The SMILES string of the molecule is O=c1onc(-c2cccnc2)n1Cc1csc(Br)c1. The van der Waals surface area contributed by atoms with Crippen molar-refractivity contribution in [2.24, 2.45) is 0 Å². The number of halogens is 1. The average Bonchev–Trinajstić information content (AvgIpc) is 2.99. The number of rotatable bonds is 3. The minimum atomic E-state index is -0.471. The summed E-state index contributed by atoms with van der Waals surface area (Å²) in [5.41, 5.74) is 1.77. The molecule has 19 heavy (non-hydrogen) atoms. The van der Waals surface area contributed by atoms with Crippen LogP contribution in [-0.4, -0.2) is 14.7 Å². The van der Waals surface area contributed by atoms with E-state index in [0.717, 1.165) is 14.9 Å². The molecular formula is C12H8BrN3O2S. The Labute approximate surface area is 120 Å². The summed E-state index contributed by atoms with van der Waals surface area (Å²) in [5, 5.41) is 5.80. The molecule has 0 saturated heterocycles. The lowest BCUT2D eigenvalue weighted by Crippen LogP contribution is -2.16. The molecule has 0 atom stereocenters. The molecule has 0 fully saturated rings. The van der Waals surface area contributed by atoms with Crippen molar-refractivity contribution in [2.75, 3.05) is 0 Å². The lowest BCUT2D eigenvalue weighted by atomic mass is 10.2. The van der Waals surface area contributed by atoms with Gasteiger partial charge in [-0.15, -0.1) is 11.3 Å². The Bertz CT molecular complexity index is 748. The third-order valence-electron chi connectivity index (χ3n) is 2.57. The van der Waals surface area contributed by atoms with E-state index in [1.165, 1.54) is 4.57 Å². The van der Waals surface area contributed by atoms with E-state index in [2.05, 4.69) is 26.1 Å². The fourth-order valence-corrected chi connectivity index (χ4v) is 2.92. The average molecular weight is 338 g/mol. The van der Waals surface area contributed by atoms with Crippen LogP contribution in [0.5, 0.6) is 0 Å². The van der Waals surface area contributed by atoms with Gasteiger partial charge in [0.25, 0.3) is 0 Å². The molecule has 0 aromatic carbocycles. The largest absolute Gasteiger partial charge is 0.442 e. The van der Waals surface area contributed by atoms with Crippen LogP contribution in [-0.2, 0) is 6.54 Å². The summed E-state index contributed by atoms with van der Waals surface area (Å²) < 4.78 is 7.27. The summed E-state index contributed by atoms with van der Waals surface area (Å²) >= 11 is 4.97. The molecule has 96 valence electrons. The smallest absolute Gasteiger partial charge is 0.295 e. The fourth-order valence-electron chi connectivity index (χ4n) is 1.72. The first-order chi connectivity index (χ1) is 9.24. The predicted octanol–water partition coefficient (Wildman–Crippen LogP) is 2.77. The van der Waals surface area contributed by atoms with E-state index >= 15 is 0 Å². The van der Waals surface area contributed by atoms with E-state index < -0.39 is 5.76 Å². The van der Waals surface area contributed by atoms with Crippen LogP contribution < -0.4 is 5.76 Å². The minimum absolute atomic E-state index is 0.425. The van der Waals surface area contributed by atoms with Crippen molar-refractivity contribution in [3.63, 3.8) is 0 Å². The molecule has 0 aliphatic carbocycles. The molecule has 7 heteroatoms. The highest BCUT2D eigenvalue weighted by Gasteiger charge is 2.13. The Kier molecular flexibility index (Phi) is 3.31. The summed E-state index contributed by atoms with van der Waals surface area (Å²) in [6.07, 6.45) is 3.32. The van der Waals surface area contributed by atoms with E-state index in [1.807, 2.05) is 17.5 Å². The van der Waals surface area contributed by atoms with Gasteiger partial charge in [-0.05, 0) is 45.1 Å². The van der Waals surface area contributed by atoms with Crippen molar-refractivity contribution >= 4 is 27.3 Å². The molecule has 5 nitrogen and oxygen atoms in total. The fraction of sp³-hybridized carbons (Fsp3) is 0.0833. The molecule has 0 amide bonds. The first-order valence-corrected chi connectivity index (χ1v) is 7.11. The van der Waals surface area contributed by atoms with Gasteiger partial charge >= 0.3 is 5.76 Å². The lowest BCUT2D eigenvalue weighted by Gasteiger charge is -2.02. The van der Waals surface area contributed by atoms with Crippen molar-refractivity contribution in [2.45, 2.75) is 6.54 Å². The van der Waals surface area contributed by atoms with E-state index in [4.69, 9.17) is 4.52 Å². The van der Waals surface area contributed by atoms with Crippen LogP contribution in [0, 0.1) is 0 Å². The summed E-state index contributed by atoms with van der Waals surface area (Å²) in [6.45, 7) is 0.425. The van der Waals surface area contributed by atoms with Crippen molar-refractivity contribution in [3.05, 3.63) is 55.9 Å². The van der Waals surface area contributed by atoms with Crippen molar-refractivity contribution in [1.29, 1.82) is 0 Å². The Morgan fingerprint density at radius 2 is 2.37 bits per heavy atom. The van der Waals surface area contributed by atoms with E-state index in [-0.39, 0.29) is 0 Å². The van der Waals surface area contributed by atoms with Gasteiger partial charge in [-0.2, -0.15) is 0 Å². The van der Waals surface area contributed by atoms with Gasteiger partial charge in [-0.25, -0.2) is 4.79 Å². The lowest BCUT2D eigenvalue weighted by molar-refractivity contribution is 0.378. The molecule has 3 aromatic rings. The molecule has 0 unspecified atom stereocenters. The molecule has 0 radical (unpaired) electrons. The topological polar surface area (TPSA) is 60.9 Å². The summed E-state index contributed by atoms with van der Waals surface area (Å²) in [7, 11) is 0. The zero-order valence-corrected chi connectivity index (χ0v) is 12.0. The number of pyridine rings is 1. The standard InChI is InChI=1S/C12H8BrN3O2S/c13-10-4-8(7-19-10)6-16-11(15-18-12(16)17)9-2-1-3-14-5-9/h1-5,7H,6H2. The maximum Gasteiger partial charge on any atom is 0.442 e. The van der Waals surface area contributed by atoms with Gasteiger partial charge in [0.15, 0.2) is 5.82 Å². The van der Waals surface area contributed by atoms with Crippen LogP contribution in [0.2, 0.25) is 0 Å². The maximum absolute atomic E-state index is 11.7. The molecule has 0 spiro atoms. The minimum Gasteiger partial charge on any atom is -0.295 e. The van der Waals surface area contributed by atoms with Crippen molar-refractivity contribution in [1.82, 2.24) is 14.7 Å². The molecule has 0 saturated carbocycles. The van der Waals surface area contributed by atoms with Crippen LogP contribution in [0.1, 0.15) is 5.56 Å². The van der Waals surface area contributed by atoms with Crippen molar-refractivity contribution in [3.8, 4) is 11.4 Å². The number of hydrogen-bond donors (Lipinski definition) is 0. The number of thiophene rings is 1. The van der Waals surface area contributed by atoms with Gasteiger partial charge in [0.05, 0.1) is 10.3 Å². The second-order valence-electron chi connectivity index (χ2n) is 3.86. The highest BCUT2D eigenvalue weighted by Crippen LogP contribution is 2.22. The Morgan fingerprint density at radius 3 is 3.05 bits per heavy atom. The van der Waals surface area contributed by atoms with Crippen LogP contribution in [0.3, 0.4) is 0 Å². The molecule has 0 aliphatic heterocycles. The summed E-state index contributed by atoms with van der Waals surface area (Å²) in [4.78, 5) is 15.7. The zero-order valence-electron chi connectivity index (χ0n) is 9.62. The van der Waals surface area contributed by atoms with Gasteiger partial charge in [0.2, 0.25) is 0 Å². The predicted molar refractivity (Wildman–Crippen MR) is 75.1 cm³/mol. The second kappa shape index (κ2) is 5.10. The maximum atomic E-state index is 11.7. The van der Waals surface area contributed by atoms with Crippen LogP contribution in [0.4, 0.5) is 0 Å². The Balaban J connectivity index is 2.02. The molecule has 0 aliphatic rings. The number of nitrogens with zero attached hydrogens (tertiary/aromatic N) is 3. The molecule has 0 N–H and O–H groups in total. The third-order valence-corrected chi connectivity index (χ3v) is 4.12. The van der Waals surface area contributed by atoms with E-state index in [1.54, 1.807) is 29.8 Å². The van der Waals surface area contributed by atoms with E-state index in [0.29, 0.717) is 12.4 Å². The van der Waals surface area contributed by atoms with E-state index in [9.17, 15) is 4.79 Å². The van der Waals surface area contributed by atoms with Gasteiger partial charge in [-0.3, -0.25) is 14.1 Å². The zero-order chi connectivity index (χ0) is 13.2. The van der Waals surface area contributed by atoms with Crippen LogP contribution >= 0.6 is 27.3 Å². The Hall–Kier alpha value is -1.73. The quantitative estimate of drug-likeness (QED) is 0.737. The second-order valence-corrected chi connectivity index (χ2v) is 6.15. The van der Waals surface area contributed by atoms with Crippen molar-refractivity contribution < 1.29 is 4.52 Å². The van der Waals surface area contributed by atoms with Crippen LogP contribution in [0.15, 0.2) is 49.1 Å². The monoisotopic (exact) mass is 337 g/mol. The highest BCUT2D eigenvalue weighted by atomic mass is 79.9. The van der Waals surface area contributed by atoms with Gasteiger partial charge in [0.1, 0.15) is 0 Å². The molecular weight excluding hydrogens is 330 g/mol.